The number of carbonyl (C=O) groups is 1. The van der Waals surface area contributed by atoms with Crippen molar-refractivity contribution < 1.29 is 4.79 Å². The normalized spacial score (nSPS) is 10.8. The standard InChI is InChI=1S/C12H9N5OS2/c13-6-1-2-7-9(5-6)19-12(15-7)20-10-4-3-8(11(14)18)16-17-10/h1-5H,13H2,(H2,14,18). The first-order valence-electron chi connectivity index (χ1n) is 5.59. The van der Waals surface area contributed by atoms with Gasteiger partial charge >= 0.3 is 0 Å². The Hall–Kier alpha value is -2.19. The number of hydrogen-bond acceptors (Lipinski definition) is 7. The van der Waals surface area contributed by atoms with Crippen molar-refractivity contribution in [3.8, 4) is 0 Å². The number of hydrogen-bond donors (Lipinski definition) is 2. The lowest BCUT2D eigenvalue weighted by atomic mass is 10.3. The molecule has 4 N–H and O–H groups in total. The molecule has 2 heterocycles. The number of thiazole rings is 1. The number of nitrogen functional groups attached to an aromatic ring is 1. The van der Waals surface area contributed by atoms with Gasteiger partial charge in [-0.2, -0.15) is 0 Å². The minimum absolute atomic E-state index is 0.145. The molecule has 2 aromatic heterocycles. The smallest absolute Gasteiger partial charge is 0.269 e. The van der Waals surface area contributed by atoms with Gasteiger partial charge in [0.05, 0.1) is 10.2 Å². The van der Waals surface area contributed by atoms with Crippen molar-refractivity contribution in [2.24, 2.45) is 5.73 Å². The molecule has 20 heavy (non-hydrogen) atoms. The average molecular weight is 303 g/mol. The third-order valence-electron chi connectivity index (χ3n) is 2.48. The third kappa shape index (κ3) is 2.56. The van der Waals surface area contributed by atoms with Crippen molar-refractivity contribution in [3.63, 3.8) is 0 Å². The summed E-state index contributed by atoms with van der Waals surface area (Å²) in [5.41, 5.74) is 12.6. The minimum Gasteiger partial charge on any atom is -0.399 e. The molecule has 0 atom stereocenters. The van der Waals surface area contributed by atoms with E-state index in [1.807, 2.05) is 18.2 Å². The van der Waals surface area contributed by atoms with Gasteiger partial charge in [0.15, 0.2) is 10.0 Å². The van der Waals surface area contributed by atoms with Crippen molar-refractivity contribution in [1.82, 2.24) is 15.2 Å². The predicted octanol–water partition coefficient (Wildman–Crippen LogP) is 1.92. The van der Waals surface area contributed by atoms with E-state index in [0.29, 0.717) is 10.7 Å². The first-order valence-corrected chi connectivity index (χ1v) is 7.22. The van der Waals surface area contributed by atoms with E-state index >= 15 is 0 Å². The number of nitrogens with two attached hydrogens (primary N) is 2. The molecule has 0 fully saturated rings. The Morgan fingerprint density at radius 2 is 2.05 bits per heavy atom. The van der Waals surface area contributed by atoms with Crippen LogP contribution >= 0.6 is 23.1 Å². The Kier molecular flexibility index (Phi) is 3.25. The monoisotopic (exact) mass is 303 g/mol. The van der Waals surface area contributed by atoms with Crippen LogP contribution in [0.5, 0.6) is 0 Å². The van der Waals surface area contributed by atoms with Crippen LogP contribution in [0.2, 0.25) is 0 Å². The fourth-order valence-corrected chi connectivity index (χ4v) is 3.54. The van der Waals surface area contributed by atoms with Crippen LogP contribution in [0.15, 0.2) is 39.7 Å². The second kappa shape index (κ2) is 5.06. The van der Waals surface area contributed by atoms with Gasteiger partial charge in [-0.25, -0.2) is 4.98 Å². The highest BCUT2D eigenvalue weighted by atomic mass is 32.2. The Labute approximate surface area is 122 Å². The highest BCUT2D eigenvalue weighted by molar-refractivity contribution is 8.01. The van der Waals surface area contributed by atoms with Gasteiger partial charge in [0, 0.05) is 5.69 Å². The molecule has 0 aliphatic carbocycles. The number of fused-ring (bicyclic) bond motifs is 1. The molecule has 1 amide bonds. The summed E-state index contributed by atoms with van der Waals surface area (Å²) in [5, 5.41) is 8.35. The molecule has 3 aromatic rings. The topological polar surface area (TPSA) is 108 Å². The summed E-state index contributed by atoms with van der Waals surface area (Å²) >= 11 is 2.91. The Morgan fingerprint density at radius 3 is 2.75 bits per heavy atom. The molecule has 3 rings (SSSR count). The van der Waals surface area contributed by atoms with Crippen LogP contribution in [0.3, 0.4) is 0 Å². The second-order valence-electron chi connectivity index (χ2n) is 3.93. The van der Waals surface area contributed by atoms with Gasteiger partial charge in [0.2, 0.25) is 0 Å². The maximum Gasteiger partial charge on any atom is 0.269 e. The van der Waals surface area contributed by atoms with Crippen molar-refractivity contribution in [2.75, 3.05) is 5.73 Å². The van der Waals surface area contributed by atoms with E-state index in [-0.39, 0.29) is 5.69 Å². The van der Waals surface area contributed by atoms with E-state index in [9.17, 15) is 4.79 Å². The number of amides is 1. The summed E-state index contributed by atoms with van der Waals surface area (Å²) in [7, 11) is 0. The molecule has 0 saturated heterocycles. The first-order chi connectivity index (χ1) is 9.61. The lowest BCUT2D eigenvalue weighted by Crippen LogP contribution is -2.13. The van der Waals surface area contributed by atoms with Crippen LogP contribution in [0.25, 0.3) is 10.2 Å². The van der Waals surface area contributed by atoms with Crippen LogP contribution in [0.1, 0.15) is 10.5 Å². The molecule has 0 aliphatic heterocycles. The van der Waals surface area contributed by atoms with E-state index < -0.39 is 5.91 Å². The van der Waals surface area contributed by atoms with Gasteiger partial charge in [-0.1, -0.05) is 0 Å². The zero-order valence-electron chi connectivity index (χ0n) is 10.1. The lowest BCUT2D eigenvalue weighted by Gasteiger charge is -1.96. The van der Waals surface area contributed by atoms with Crippen molar-refractivity contribution in [2.45, 2.75) is 9.37 Å². The van der Waals surface area contributed by atoms with Crippen LogP contribution in [-0.4, -0.2) is 21.1 Å². The zero-order valence-corrected chi connectivity index (χ0v) is 11.7. The first kappa shape index (κ1) is 12.8. The molecule has 100 valence electrons. The van der Waals surface area contributed by atoms with Crippen LogP contribution in [0.4, 0.5) is 5.69 Å². The Morgan fingerprint density at radius 1 is 1.20 bits per heavy atom. The molecular formula is C12H9N5OS2. The van der Waals surface area contributed by atoms with Gasteiger partial charge < -0.3 is 11.5 Å². The molecule has 0 aliphatic rings. The van der Waals surface area contributed by atoms with E-state index in [4.69, 9.17) is 11.5 Å². The number of benzene rings is 1. The maximum atomic E-state index is 10.9. The fraction of sp³-hybridized carbons (Fsp3) is 0. The van der Waals surface area contributed by atoms with E-state index in [1.54, 1.807) is 12.1 Å². The molecule has 8 heteroatoms. The molecule has 1 aromatic carbocycles. The Bertz CT molecular complexity index is 784. The predicted molar refractivity (Wildman–Crippen MR) is 78.7 cm³/mol. The average Bonchev–Trinajstić information content (AvgIpc) is 2.80. The molecule has 0 saturated carbocycles. The molecule has 0 unspecified atom stereocenters. The number of primary amides is 1. The van der Waals surface area contributed by atoms with Crippen molar-refractivity contribution in [1.29, 1.82) is 0 Å². The summed E-state index contributed by atoms with van der Waals surface area (Å²) in [6.45, 7) is 0. The van der Waals surface area contributed by atoms with Gasteiger partial charge in [-0.05, 0) is 42.1 Å². The van der Waals surface area contributed by atoms with Crippen LogP contribution in [0, 0.1) is 0 Å². The van der Waals surface area contributed by atoms with E-state index in [2.05, 4.69) is 15.2 Å². The second-order valence-corrected chi connectivity index (χ2v) is 6.23. The summed E-state index contributed by atoms with van der Waals surface area (Å²) in [6.07, 6.45) is 0. The SMILES string of the molecule is NC(=O)c1ccc(Sc2nc3ccc(N)cc3s2)nn1. The van der Waals surface area contributed by atoms with Crippen molar-refractivity contribution in [3.05, 3.63) is 36.0 Å². The van der Waals surface area contributed by atoms with E-state index in [0.717, 1.165) is 14.6 Å². The van der Waals surface area contributed by atoms with Gasteiger partial charge in [0.1, 0.15) is 5.03 Å². The molecule has 0 bridgehead atoms. The van der Waals surface area contributed by atoms with Crippen molar-refractivity contribution >= 4 is 44.9 Å². The number of carbonyl (C=O) groups excluding carboxylic acids is 1. The molecule has 6 nitrogen and oxygen atoms in total. The zero-order chi connectivity index (χ0) is 14.1. The minimum atomic E-state index is -0.593. The fourth-order valence-electron chi connectivity index (χ4n) is 1.56. The summed E-state index contributed by atoms with van der Waals surface area (Å²) < 4.78 is 1.86. The van der Waals surface area contributed by atoms with Crippen LogP contribution < -0.4 is 11.5 Å². The molecule has 0 spiro atoms. The Balaban J connectivity index is 1.87. The number of anilines is 1. The quantitative estimate of drug-likeness (QED) is 0.716. The van der Waals surface area contributed by atoms with Crippen LogP contribution in [-0.2, 0) is 0 Å². The van der Waals surface area contributed by atoms with Gasteiger partial charge in [-0.3, -0.25) is 4.79 Å². The largest absolute Gasteiger partial charge is 0.399 e. The number of rotatable bonds is 3. The molecule has 0 radical (unpaired) electrons. The summed E-state index contributed by atoms with van der Waals surface area (Å²) in [4.78, 5) is 15.4. The lowest BCUT2D eigenvalue weighted by molar-refractivity contribution is 0.0994. The molecular weight excluding hydrogens is 294 g/mol. The number of nitrogens with zero attached hydrogens (tertiary/aromatic N) is 3. The van der Waals surface area contributed by atoms with Gasteiger partial charge in [-0.15, -0.1) is 21.5 Å². The summed E-state index contributed by atoms with van der Waals surface area (Å²) in [6, 6.07) is 8.82. The number of aromatic nitrogens is 3. The van der Waals surface area contributed by atoms with E-state index in [1.165, 1.54) is 23.1 Å². The third-order valence-corrected chi connectivity index (χ3v) is 4.48. The van der Waals surface area contributed by atoms with Gasteiger partial charge in [0.25, 0.3) is 5.91 Å². The highest BCUT2D eigenvalue weighted by Crippen LogP contribution is 2.33. The summed E-state index contributed by atoms with van der Waals surface area (Å²) in [5.74, 6) is -0.593. The maximum absolute atomic E-state index is 10.9. The highest BCUT2D eigenvalue weighted by Gasteiger charge is 2.08.